The zero-order valence-corrected chi connectivity index (χ0v) is 4.65. The van der Waals surface area contributed by atoms with E-state index in [-0.39, 0.29) is 6.15 Å². The van der Waals surface area contributed by atoms with Gasteiger partial charge in [-0.3, -0.25) is 4.98 Å². The second-order valence-corrected chi connectivity index (χ2v) is 1.35. The van der Waals surface area contributed by atoms with Gasteiger partial charge in [0.15, 0.2) is 0 Å². The fourth-order valence-corrected chi connectivity index (χ4v) is 0.429. The lowest BCUT2D eigenvalue weighted by atomic mass is 10.3. The highest BCUT2D eigenvalue weighted by atomic mass is 14.6. The minimum atomic E-state index is 0. The highest BCUT2D eigenvalue weighted by molar-refractivity contribution is 5.23. The first-order chi connectivity index (χ1) is 3.93. The predicted octanol–water partition coefficient (Wildman–Crippen LogP) is 0.473. The molecule has 0 saturated carbocycles. The maximum atomic E-state index is 8.25. The number of nitriles is 1. The van der Waals surface area contributed by atoms with Crippen LogP contribution in [0.3, 0.4) is 0 Å². The van der Waals surface area contributed by atoms with Crippen molar-refractivity contribution >= 4 is 0 Å². The van der Waals surface area contributed by atoms with E-state index in [4.69, 9.17) is 5.26 Å². The van der Waals surface area contributed by atoms with E-state index in [9.17, 15) is 0 Å². The Kier molecular flexibility index (Phi) is 3.03. The molecule has 0 saturated heterocycles. The minimum absolute atomic E-state index is 0. The molecular weight excluding hydrogens is 114 g/mol. The van der Waals surface area contributed by atoms with Crippen LogP contribution in [0.5, 0.6) is 0 Å². The molecule has 3 heteroatoms. The van der Waals surface area contributed by atoms with Crippen LogP contribution in [0.25, 0.3) is 0 Å². The van der Waals surface area contributed by atoms with Gasteiger partial charge < -0.3 is 0 Å². The number of rotatable bonds is 0. The maximum Gasteiger partial charge on any atom is 0.101 e. The molecule has 0 unspecified atom stereocenters. The Morgan fingerprint density at radius 2 is 2.33 bits per heavy atom. The van der Waals surface area contributed by atoms with Gasteiger partial charge in [-0.05, 0) is 12.1 Å². The molecule has 0 fully saturated rings. The number of hydrogen-bond acceptors (Lipinski definition) is 2. The van der Waals surface area contributed by atoms with Gasteiger partial charge in [-0.1, -0.05) is 0 Å². The van der Waals surface area contributed by atoms with E-state index in [1.165, 1.54) is 6.20 Å². The molecule has 9 heavy (non-hydrogen) atoms. The van der Waals surface area contributed by atoms with Crippen LogP contribution in [-0.2, 0) is 0 Å². The minimum Gasteiger partial charge on any atom is -0.263 e. The molecule has 0 aliphatic rings. The van der Waals surface area contributed by atoms with Crippen LogP contribution >= 0.6 is 0 Å². The van der Waals surface area contributed by atoms with Gasteiger partial charge in [0.05, 0.1) is 5.56 Å². The largest absolute Gasteiger partial charge is 0.263 e. The standard InChI is InChI=1S/C6H4N2.N/c7-4-6-2-1-3-8-5-6;/h1-3,5H;. The summed E-state index contributed by atoms with van der Waals surface area (Å²) in [6, 6.07) is 5.41. The summed E-state index contributed by atoms with van der Waals surface area (Å²) in [6.07, 6.45) is 3.17. The third-order valence-electron chi connectivity index (χ3n) is 0.791. The Bertz CT molecular complexity index is 199. The van der Waals surface area contributed by atoms with E-state index in [1.54, 1.807) is 18.3 Å². The van der Waals surface area contributed by atoms with Gasteiger partial charge in [0.2, 0.25) is 0 Å². The molecule has 0 N–H and O–H groups in total. The Hall–Kier alpha value is -1.40. The summed E-state index contributed by atoms with van der Waals surface area (Å²) in [6.45, 7) is 0. The molecule has 1 heterocycles. The van der Waals surface area contributed by atoms with Crippen molar-refractivity contribution < 1.29 is 0 Å². The van der Waals surface area contributed by atoms with Crippen LogP contribution in [0.1, 0.15) is 5.56 Å². The summed E-state index contributed by atoms with van der Waals surface area (Å²) < 4.78 is 0. The van der Waals surface area contributed by atoms with Gasteiger partial charge >= 0.3 is 0 Å². The normalized spacial score (nSPS) is 7.00. The monoisotopic (exact) mass is 118 g/mol. The van der Waals surface area contributed by atoms with Gasteiger partial charge in [0.25, 0.3) is 0 Å². The third-order valence-corrected chi connectivity index (χ3v) is 0.791. The van der Waals surface area contributed by atoms with Crippen LogP contribution in [0, 0.1) is 11.3 Å². The molecule has 43 valence electrons. The second kappa shape index (κ2) is 3.58. The van der Waals surface area contributed by atoms with Gasteiger partial charge in [0, 0.05) is 18.5 Å². The van der Waals surface area contributed by atoms with E-state index < -0.39 is 0 Å². The highest BCUT2D eigenvalue weighted by Crippen LogP contribution is 1.89. The molecule has 1 aromatic rings. The van der Waals surface area contributed by atoms with Crippen molar-refractivity contribution in [2.24, 2.45) is 0 Å². The Morgan fingerprint density at radius 3 is 2.67 bits per heavy atom. The first-order valence-electron chi connectivity index (χ1n) is 2.23. The molecule has 1 rings (SSSR count). The van der Waals surface area contributed by atoms with Gasteiger partial charge in [0.1, 0.15) is 6.07 Å². The van der Waals surface area contributed by atoms with E-state index in [2.05, 4.69) is 4.98 Å². The highest BCUT2D eigenvalue weighted by Gasteiger charge is 1.80. The molecule has 0 spiro atoms. The molecule has 3 radical (unpaired) electrons. The number of hydrogen-bond donors (Lipinski definition) is 0. The lowest BCUT2D eigenvalue weighted by Crippen LogP contribution is -1.72. The van der Waals surface area contributed by atoms with E-state index in [0.717, 1.165) is 0 Å². The average molecular weight is 118 g/mol. The fourth-order valence-electron chi connectivity index (χ4n) is 0.429. The molecule has 0 bridgehead atoms. The summed E-state index contributed by atoms with van der Waals surface area (Å²) in [7, 11) is 0. The first-order valence-corrected chi connectivity index (χ1v) is 2.23. The third kappa shape index (κ3) is 1.89. The molecule has 0 aromatic carbocycles. The smallest absolute Gasteiger partial charge is 0.101 e. The van der Waals surface area contributed by atoms with Crippen LogP contribution in [0.4, 0.5) is 0 Å². The van der Waals surface area contributed by atoms with Crippen molar-refractivity contribution in [3.05, 3.63) is 30.1 Å². The molecule has 0 amide bonds. The lowest BCUT2D eigenvalue weighted by Gasteiger charge is -1.79. The number of nitrogens with zero attached hydrogens (tertiary/aromatic N) is 3. The van der Waals surface area contributed by atoms with Crippen LogP contribution < -0.4 is 6.15 Å². The zero-order chi connectivity index (χ0) is 5.82. The fraction of sp³-hybridized carbons (Fsp3) is 0. The van der Waals surface area contributed by atoms with Crippen molar-refractivity contribution in [1.29, 1.82) is 5.26 Å². The van der Waals surface area contributed by atoms with Crippen molar-refractivity contribution in [3.63, 3.8) is 0 Å². The Labute approximate surface area is 53.5 Å². The van der Waals surface area contributed by atoms with Gasteiger partial charge in [-0.15, -0.1) is 0 Å². The zero-order valence-electron chi connectivity index (χ0n) is 4.65. The Morgan fingerprint density at radius 1 is 1.56 bits per heavy atom. The van der Waals surface area contributed by atoms with Crippen molar-refractivity contribution in [2.45, 2.75) is 0 Å². The average Bonchev–Trinajstić information content (AvgIpc) is 1.90. The summed E-state index contributed by atoms with van der Waals surface area (Å²) in [5.41, 5.74) is 0.604. The summed E-state index contributed by atoms with van der Waals surface area (Å²) in [5.74, 6) is 0. The quantitative estimate of drug-likeness (QED) is 0.497. The molecule has 1 aromatic heterocycles. The van der Waals surface area contributed by atoms with E-state index in [1.807, 2.05) is 6.07 Å². The summed E-state index contributed by atoms with van der Waals surface area (Å²) in [5, 5.41) is 8.25. The SMILES string of the molecule is N#Cc1cccnc1.[N]. The second-order valence-electron chi connectivity index (χ2n) is 1.35. The lowest BCUT2D eigenvalue weighted by molar-refractivity contribution is 1.30. The van der Waals surface area contributed by atoms with Crippen LogP contribution in [0.15, 0.2) is 24.5 Å². The topological polar surface area (TPSA) is 67.2 Å². The summed E-state index contributed by atoms with van der Waals surface area (Å²) in [4.78, 5) is 3.73. The first kappa shape index (κ1) is 7.60. The maximum absolute atomic E-state index is 8.25. The molecule has 0 aliphatic carbocycles. The molecule has 0 atom stereocenters. The van der Waals surface area contributed by atoms with Crippen LogP contribution in [0.2, 0.25) is 0 Å². The van der Waals surface area contributed by atoms with E-state index in [0.29, 0.717) is 5.56 Å². The van der Waals surface area contributed by atoms with Crippen molar-refractivity contribution in [1.82, 2.24) is 11.1 Å². The van der Waals surface area contributed by atoms with Crippen molar-refractivity contribution in [3.8, 4) is 6.07 Å². The molecule has 3 nitrogen and oxygen atoms in total. The van der Waals surface area contributed by atoms with Gasteiger partial charge in [-0.2, -0.15) is 5.26 Å². The number of aromatic nitrogens is 1. The van der Waals surface area contributed by atoms with Gasteiger partial charge in [-0.25, -0.2) is 0 Å². The van der Waals surface area contributed by atoms with Crippen LogP contribution in [-0.4, -0.2) is 4.98 Å². The van der Waals surface area contributed by atoms with Crippen molar-refractivity contribution in [2.75, 3.05) is 0 Å². The predicted molar refractivity (Wildman–Crippen MR) is 31.1 cm³/mol. The molecular formula is C6H4N3. The Balaban J connectivity index is 0.000000640. The molecule has 0 aliphatic heterocycles. The number of pyridine rings is 1. The van der Waals surface area contributed by atoms with E-state index >= 15 is 0 Å². The summed E-state index contributed by atoms with van der Waals surface area (Å²) >= 11 is 0.